The summed E-state index contributed by atoms with van der Waals surface area (Å²) >= 11 is 0. The number of benzene rings is 4. The molecule has 0 aromatic heterocycles. The van der Waals surface area contributed by atoms with Gasteiger partial charge in [0.2, 0.25) is 24.1 Å². The van der Waals surface area contributed by atoms with Crippen LogP contribution in [0.2, 0.25) is 0 Å². The molecule has 0 bridgehead atoms. The fraction of sp³-hybridized carbons (Fsp3) is 0.333. The maximum Gasteiger partial charge on any atom is 0.335 e. The maximum atomic E-state index is 14.7. The van der Waals surface area contributed by atoms with Crippen molar-refractivity contribution in [3.63, 3.8) is 0 Å². The Morgan fingerprint density at radius 1 is 0.516 bits per heavy atom. The first-order chi connectivity index (χ1) is 29.5. The van der Waals surface area contributed by atoms with Crippen LogP contribution in [0, 0.1) is 0 Å². The number of carbonyl (C=O) groups is 4. The van der Waals surface area contributed by atoms with Crippen LogP contribution < -0.4 is 9.47 Å². The van der Waals surface area contributed by atoms with E-state index in [-0.39, 0.29) is 44.9 Å². The van der Waals surface area contributed by atoms with Crippen LogP contribution in [0.25, 0.3) is 0 Å². The van der Waals surface area contributed by atoms with E-state index in [9.17, 15) is 80.5 Å². The number of ketones is 2. The van der Waals surface area contributed by atoms with Crippen LogP contribution in [0.3, 0.4) is 0 Å². The number of ether oxygens (including phenoxy) is 4. The van der Waals surface area contributed by atoms with Crippen molar-refractivity contribution in [2.24, 2.45) is 0 Å². The Balaban J connectivity index is 1.38. The molecule has 62 heavy (non-hydrogen) atoms. The molecule has 8 rings (SSSR count). The first-order valence-corrected chi connectivity index (χ1v) is 19.0. The second-order valence-corrected chi connectivity index (χ2v) is 15.2. The zero-order valence-corrected chi connectivity index (χ0v) is 31.7. The van der Waals surface area contributed by atoms with Crippen molar-refractivity contribution in [1.29, 1.82) is 0 Å². The number of hydrogen-bond donors (Lipinski definition) is 12. The molecule has 2 fully saturated rings. The van der Waals surface area contributed by atoms with Crippen molar-refractivity contribution >= 4 is 23.5 Å². The monoisotopic (exact) mass is 862 g/mol. The average molecular weight is 863 g/mol. The van der Waals surface area contributed by atoms with E-state index in [1.165, 1.54) is 36.4 Å². The summed E-state index contributed by atoms with van der Waals surface area (Å²) in [6, 6.07) is 11.9. The van der Waals surface area contributed by atoms with Crippen LogP contribution in [-0.2, 0) is 9.47 Å². The standard InChI is InChI=1S/C42H38O20/c43-11-23-31(47)35(51)37(53)41(61-23)59-21-5-1-3-15-25(17-7-13(39(55)56)9-19(45)27(17)33(49)29(15)21)26-16-4-2-6-22(60-42-38(54)36(52)32(48)24(12-44)62-42)30(16)34(50)28-18(26)8-14(40(57)58)10-20(28)46/h1-10,23-26,31-32,35-38,41-48,51-54H,11-12H2,(H,55,56)(H,57,58)/t23-,24+,25-,26-,31-,32+,35+,36-,37-,38+,41-,42+/m1/s1. The molecule has 20 nitrogen and oxygen atoms in total. The first-order valence-electron chi connectivity index (χ1n) is 19.0. The second-order valence-electron chi connectivity index (χ2n) is 15.2. The molecular formula is C42H38O20. The molecule has 0 spiro atoms. The summed E-state index contributed by atoms with van der Waals surface area (Å²) in [5.74, 6) is -10.1. The minimum absolute atomic E-state index is 0.00301. The average Bonchev–Trinajstić information content (AvgIpc) is 3.24. The van der Waals surface area contributed by atoms with Gasteiger partial charge >= 0.3 is 11.9 Å². The van der Waals surface area contributed by atoms with Crippen LogP contribution in [0.1, 0.15) is 86.6 Å². The highest BCUT2D eigenvalue weighted by Crippen LogP contribution is 2.56. The smallest absolute Gasteiger partial charge is 0.335 e. The molecule has 2 aliphatic carbocycles. The van der Waals surface area contributed by atoms with E-state index in [0.29, 0.717) is 0 Å². The Labute approximate surface area is 348 Å². The van der Waals surface area contributed by atoms with Crippen molar-refractivity contribution in [2.75, 3.05) is 13.2 Å². The summed E-state index contributed by atoms with van der Waals surface area (Å²) in [5, 5.41) is 126. The minimum atomic E-state index is -1.94. The van der Waals surface area contributed by atoms with E-state index < -0.39 is 144 Å². The predicted molar refractivity (Wildman–Crippen MR) is 202 cm³/mol. The lowest BCUT2D eigenvalue weighted by atomic mass is 9.63. The molecule has 0 saturated carbocycles. The predicted octanol–water partition coefficient (Wildman–Crippen LogP) is -1.10. The molecule has 2 saturated heterocycles. The van der Waals surface area contributed by atoms with E-state index >= 15 is 0 Å². The van der Waals surface area contributed by atoms with Crippen LogP contribution in [0.4, 0.5) is 0 Å². The number of phenolic OH excluding ortho intramolecular Hbond substituents is 2. The van der Waals surface area contributed by atoms with Gasteiger partial charge in [-0.3, -0.25) is 9.59 Å². The largest absolute Gasteiger partial charge is 0.507 e. The third-order valence-corrected chi connectivity index (χ3v) is 11.7. The Bertz CT molecular complexity index is 2330. The molecule has 4 aromatic carbocycles. The van der Waals surface area contributed by atoms with Gasteiger partial charge in [-0.25, -0.2) is 9.59 Å². The number of aromatic carboxylic acids is 2. The van der Waals surface area contributed by atoms with E-state index in [4.69, 9.17) is 18.9 Å². The van der Waals surface area contributed by atoms with Gasteiger partial charge in [0.15, 0.2) is 0 Å². The molecule has 2 heterocycles. The van der Waals surface area contributed by atoms with Crippen LogP contribution in [-0.4, -0.2) is 159 Å². The van der Waals surface area contributed by atoms with Gasteiger partial charge < -0.3 is 80.2 Å². The number of aliphatic hydroxyl groups excluding tert-OH is 8. The summed E-state index contributed by atoms with van der Waals surface area (Å²) in [6.07, 6.45) is -17.7. The Kier molecular flexibility index (Phi) is 11.0. The summed E-state index contributed by atoms with van der Waals surface area (Å²) in [4.78, 5) is 54.2. The van der Waals surface area contributed by atoms with Gasteiger partial charge in [-0.05, 0) is 58.7 Å². The number of fused-ring (bicyclic) bond motifs is 4. The second kappa shape index (κ2) is 16.0. The molecule has 0 amide bonds. The molecule has 20 heteroatoms. The van der Waals surface area contributed by atoms with E-state index in [0.717, 1.165) is 24.3 Å². The molecule has 4 aliphatic rings. The summed E-state index contributed by atoms with van der Waals surface area (Å²) in [7, 11) is 0. The number of carbonyl (C=O) groups excluding carboxylic acids is 2. The topological polar surface area (TPSA) is 348 Å². The number of hydrogen-bond acceptors (Lipinski definition) is 18. The maximum absolute atomic E-state index is 14.7. The van der Waals surface area contributed by atoms with Crippen molar-refractivity contribution < 1.29 is 99.4 Å². The first kappa shape index (κ1) is 42.6. The lowest BCUT2D eigenvalue weighted by Gasteiger charge is -2.41. The SMILES string of the molecule is O=C(O)c1cc(O)c2c(c1)[C@H]([C@H]1c3cc(C(=O)O)cc(O)c3C(=O)c3c(O[C@@H]4O[C@H](CO)[C@@H](O)[C@H](O)[C@H]4O)cccc31)c1cccc(O[C@H]3O[C@@H](CO)[C@H](O)[C@@H](O)[C@@H]3O)c1C2=O. The summed E-state index contributed by atoms with van der Waals surface area (Å²) < 4.78 is 23.0. The van der Waals surface area contributed by atoms with E-state index in [2.05, 4.69) is 0 Å². The Morgan fingerprint density at radius 2 is 0.887 bits per heavy atom. The number of aromatic hydroxyl groups is 2. The van der Waals surface area contributed by atoms with Gasteiger partial charge in [-0.2, -0.15) is 0 Å². The third-order valence-electron chi connectivity index (χ3n) is 11.7. The lowest BCUT2D eigenvalue weighted by Crippen LogP contribution is -2.60. The zero-order chi connectivity index (χ0) is 44.6. The fourth-order valence-corrected chi connectivity index (χ4v) is 8.71. The highest BCUT2D eigenvalue weighted by molar-refractivity contribution is 6.18. The highest BCUT2D eigenvalue weighted by atomic mass is 16.7. The molecule has 0 radical (unpaired) electrons. The summed E-state index contributed by atoms with van der Waals surface area (Å²) in [5.41, 5.74) is -2.87. The number of aliphatic hydroxyl groups is 8. The van der Waals surface area contributed by atoms with Crippen LogP contribution in [0.5, 0.6) is 23.0 Å². The minimum Gasteiger partial charge on any atom is -0.507 e. The molecule has 326 valence electrons. The van der Waals surface area contributed by atoms with Crippen molar-refractivity contribution in [2.45, 2.75) is 73.2 Å². The molecule has 4 aromatic rings. The van der Waals surface area contributed by atoms with Gasteiger partial charge in [0.1, 0.15) is 71.8 Å². The van der Waals surface area contributed by atoms with Gasteiger partial charge in [0.25, 0.3) is 0 Å². The fourth-order valence-electron chi connectivity index (χ4n) is 8.71. The van der Waals surface area contributed by atoms with Crippen molar-refractivity contribution in [3.05, 3.63) is 116 Å². The van der Waals surface area contributed by atoms with Crippen molar-refractivity contribution in [3.8, 4) is 23.0 Å². The van der Waals surface area contributed by atoms with E-state index in [1.54, 1.807) is 0 Å². The van der Waals surface area contributed by atoms with Gasteiger partial charge in [-0.1, -0.05) is 24.3 Å². The van der Waals surface area contributed by atoms with E-state index in [1.807, 2.05) is 0 Å². The zero-order valence-electron chi connectivity index (χ0n) is 31.7. The summed E-state index contributed by atoms with van der Waals surface area (Å²) in [6.45, 7) is -1.64. The van der Waals surface area contributed by atoms with Crippen molar-refractivity contribution in [1.82, 2.24) is 0 Å². The molecule has 12 atom stereocenters. The quantitative estimate of drug-likeness (QED) is 0.0950. The van der Waals surface area contributed by atoms with Crippen LogP contribution in [0.15, 0.2) is 60.7 Å². The number of carboxylic acids is 2. The number of rotatable bonds is 9. The number of phenols is 2. The van der Waals surface area contributed by atoms with Gasteiger partial charge in [-0.15, -0.1) is 0 Å². The van der Waals surface area contributed by atoms with Gasteiger partial charge in [0.05, 0.1) is 46.6 Å². The lowest BCUT2D eigenvalue weighted by molar-refractivity contribution is -0.277. The van der Waals surface area contributed by atoms with Crippen LogP contribution >= 0.6 is 0 Å². The Hall–Kier alpha value is -6.04. The molecule has 2 aliphatic heterocycles. The Morgan fingerprint density at radius 3 is 1.23 bits per heavy atom. The molecule has 12 N–H and O–H groups in total. The highest BCUT2D eigenvalue weighted by Gasteiger charge is 2.50. The third kappa shape index (κ3) is 6.73. The molecule has 0 unspecified atom stereocenters. The number of carboxylic acid groups (broad SMARTS) is 2. The van der Waals surface area contributed by atoms with Gasteiger partial charge in [0, 0.05) is 11.8 Å². The molecular weight excluding hydrogens is 824 g/mol. The normalized spacial score (nSPS) is 30.1.